The minimum absolute atomic E-state index is 0.0802. The van der Waals surface area contributed by atoms with E-state index in [4.69, 9.17) is 16.3 Å². The molecule has 0 bridgehead atoms. The van der Waals surface area contributed by atoms with Gasteiger partial charge in [0, 0.05) is 0 Å². The van der Waals surface area contributed by atoms with E-state index in [1.54, 1.807) is 12.1 Å². The van der Waals surface area contributed by atoms with E-state index in [2.05, 4.69) is 9.97 Å². The molecule has 2 aromatic rings. The van der Waals surface area contributed by atoms with Gasteiger partial charge in [-0.05, 0) is 30.5 Å². The number of aromatic nitrogens is 2. The lowest BCUT2D eigenvalue weighted by molar-refractivity contribution is 0.418. The first-order valence-electron chi connectivity index (χ1n) is 5.93. The van der Waals surface area contributed by atoms with Crippen molar-refractivity contribution in [3.63, 3.8) is 0 Å². The van der Waals surface area contributed by atoms with Crippen LogP contribution in [-0.2, 0) is 0 Å². The monoisotopic (exact) mass is 280 g/mol. The average Bonchev–Trinajstić information content (AvgIpc) is 2.33. The molecule has 0 radical (unpaired) electrons. The molecule has 0 fully saturated rings. The van der Waals surface area contributed by atoms with Crippen LogP contribution < -0.4 is 4.74 Å². The third kappa shape index (κ3) is 3.01. The fourth-order valence-corrected chi connectivity index (χ4v) is 2.06. The van der Waals surface area contributed by atoms with Gasteiger partial charge in [-0.3, -0.25) is 0 Å². The Morgan fingerprint density at radius 1 is 1.26 bits per heavy atom. The van der Waals surface area contributed by atoms with E-state index in [0.717, 1.165) is 5.56 Å². The molecule has 5 heteroatoms. The summed E-state index contributed by atoms with van der Waals surface area (Å²) in [4.78, 5) is 7.97. The zero-order valence-electron chi connectivity index (χ0n) is 10.9. The smallest absolute Gasteiger partial charge is 0.227 e. The van der Waals surface area contributed by atoms with Crippen molar-refractivity contribution in [1.29, 1.82) is 0 Å². The number of rotatable bonds is 3. The van der Waals surface area contributed by atoms with Gasteiger partial charge in [0.05, 0.1) is 5.56 Å². The van der Waals surface area contributed by atoms with Crippen molar-refractivity contribution < 1.29 is 9.13 Å². The maximum Gasteiger partial charge on any atom is 0.227 e. The highest BCUT2D eigenvalue weighted by molar-refractivity contribution is 6.30. The molecular formula is C14H14ClFN2O. The number of nitrogens with zero attached hydrogens (tertiary/aromatic N) is 2. The Kier molecular flexibility index (Phi) is 4.00. The van der Waals surface area contributed by atoms with E-state index in [0.29, 0.717) is 16.6 Å². The standard InChI is InChI=1S/C14H14ClFN2O/c1-8(2)12-13(15)17-7-18-14(12)19-11-6-9(3)4-5-10(11)16/h4-8H,1-3H3. The number of halogens is 2. The summed E-state index contributed by atoms with van der Waals surface area (Å²) in [7, 11) is 0. The third-order valence-electron chi connectivity index (χ3n) is 2.67. The molecule has 1 aromatic heterocycles. The van der Waals surface area contributed by atoms with E-state index < -0.39 is 5.82 Å². The molecule has 0 unspecified atom stereocenters. The second-order valence-electron chi connectivity index (χ2n) is 4.57. The van der Waals surface area contributed by atoms with E-state index in [1.807, 2.05) is 20.8 Å². The summed E-state index contributed by atoms with van der Waals surface area (Å²) in [5.74, 6) is 0.0720. The molecule has 0 saturated carbocycles. The minimum Gasteiger partial charge on any atom is -0.435 e. The lowest BCUT2D eigenvalue weighted by atomic mass is 10.1. The van der Waals surface area contributed by atoms with Crippen molar-refractivity contribution in [3.05, 3.63) is 46.6 Å². The number of hydrogen-bond acceptors (Lipinski definition) is 3. The molecule has 100 valence electrons. The molecule has 19 heavy (non-hydrogen) atoms. The van der Waals surface area contributed by atoms with E-state index >= 15 is 0 Å². The van der Waals surface area contributed by atoms with Gasteiger partial charge in [0.1, 0.15) is 11.5 Å². The number of benzene rings is 1. The van der Waals surface area contributed by atoms with E-state index in [1.165, 1.54) is 12.4 Å². The summed E-state index contributed by atoms with van der Waals surface area (Å²) in [6.45, 7) is 5.76. The maximum absolute atomic E-state index is 13.7. The Balaban J connectivity index is 2.44. The highest BCUT2D eigenvalue weighted by Crippen LogP contribution is 2.33. The molecule has 0 aliphatic heterocycles. The molecule has 0 aliphatic carbocycles. The molecule has 1 aromatic carbocycles. The molecule has 0 spiro atoms. The fraction of sp³-hybridized carbons (Fsp3) is 0.286. The maximum atomic E-state index is 13.7. The number of aryl methyl sites for hydroxylation is 1. The second-order valence-corrected chi connectivity index (χ2v) is 4.93. The number of hydrogen-bond donors (Lipinski definition) is 0. The van der Waals surface area contributed by atoms with Gasteiger partial charge in [0.2, 0.25) is 5.88 Å². The average molecular weight is 281 g/mol. The van der Waals surface area contributed by atoms with Crippen molar-refractivity contribution in [2.75, 3.05) is 0 Å². The highest BCUT2D eigenvalue weighted by atomic mass is 35.5. The van der Waals surface area contributed by atoms with Crippen molar-refractivity contribution in [3.8, 4) is 11.6 Å². The zero-order valence-corrected chi connectivity index (χ0v) is 11.7. The van der Waals surface area contributed by atoms with Gasteiger partial charge in [-0.15, -0.1) is 0 Å². The summed E-state index contributed by atoms with van der Waals surface area (Å²) in [5, 5.41) is 0.327. The van der Waals surface area contributed by atoms with Gasteiger partial charge < -0.3 is 4.74 Å². The van der Waals surface area contributed by atoms with Gasteiger partial charge in [0.25, 0.3) is 0 Å². The summed E-state index contributed by atoms with van der Waals surface area (Å²) in [6, 6.07) is 4.66. The predicted molar refractivity (Wildman–Crippen MR) is 72.3 cm³/mol. The lowest BCUT2D eigenvalue weighted by Crippen LogP contribution is -2.00. The predicted octanol–water partition coefficient (Wildman–Crippen LogP) is 4.49. The van der Waals surface area contributed by atoms with Crippen LogP contribution in [0.3, 0.4) is 0 Å². The third-order valence-corrected chi connectivity index (χ3v) is 2.97. The van der Waals surface area contributed by atoms with Crippen LogP contribution >= 0.6 is 11.6 Å². The molecule has 0 N–H and O–H groups in total. The first-order valence-corrected chi connectivity index (χ1v) is 6.31. The SMILES string of the molecule is Cc1ccc(F)c(Oc2ncnc(Cl)c2C(C)C)c1. The molecule has 0 aliphatic rings. The zero-order chi connectivity index (χ0) is 14.0. The van der Waals surface area contributed by atoms with Gasteiger partial charge in [-0.2, -0.15) is 0 Å². The van der Waals surface area contributed by atoms with E-state index in [-0.39, 0.29) is 11.7 Å². The van der Waals surface area contributed by atoms with Crippen LogP contribution in [0.1, 0.15) is 30.9 Å². The quantitative estimate of drug-likeness (QED) is 0.777. The van der Waals surface area contributed by atoms with Crippen LogP contribution in [0.25, 0.3) is 0 Å². The Morgan fingerprint density at radius 3 is 2.68 bits per heavy atom. The van der Waals surface area contributed by atoms with Gasteiger partial charge in [-0.25, -0.2) is 14.4 Å². The summed E-state index contributed by atoms with van der Waals surface area (Å²) < 4.78 is 19.2. The van der Waals surface area contributed by atoms with Crippen molar-refractivity contribution in [2.24, 2.45) is 0 Å². The largest absolute Gasteiger partial charge is 0.435 e. The van der Waals surface area contributed by atoms with Crippen molar-refractivity contribution in [2.45, 2.75) is 26.7 Å². The molecule has 3 nitrogen and oxygen atoms in total. The van der Waals surface area contributed by atoms with Crippen molar-refractivity contribution in [1.82, 2.24) is 9.97 Å². The molecule has 2 rings (SSSR count). The highest BCUT2D eigenvalue weighted by Gasteiger charge is 2.16. The van der Waals surface area contributed by atoms with Crippen LogP contribution in [0.15, 0.2) is 24.5 Å². The molecule has 1 heterocycles. The Morgan fingerprint density at radius 2 is 2.00 bits per heavy atom. The Bertz CT molecular complexity index is 602. The van der Waals surface area contributed by atoms with Gasteiger partial charge in [-0.1, -0.05) is 31.5 Å². The summed E-state index contributed by atoms with van der Waals surface area (Å²) >= 11 is 6.04. The molecule has 0 saturated heterocycles. The van der Waals surface area contributed by atoms with Crippen LogP contribution in [0, 0.1) is 12.7 Å². The molecule has 0 amide bonds. The van der Waals surface area contributed by atoms with Crippen LogP contribution in [0.4, 0.5) is 4.39 Å². The van der Waals surface area contributed by atoms with Crippen LogP contribution in [0.2, 0.25) is 5.15 Å². The lowest BCUT2D eigenvalue weighted by Gasteiger charge is -2.13. The first-order chi connectivity index (χ1) is 8.99. The first kappa shape index (κ1) is 13.7. The van der Waals surface area contributed by atoms with Gasteiger partial charge in [0.15, 0.2) is 11.6 Å². The van der Waals surface area contributed by atoms with Gasteiger partial charge >= 0.3 is 0 Å². The van der Waals surface area contributed by atoms with Crippen LogP contribution in [-0.4, -0.2) is 9.97 Å². The fourth-order valence-electron chi connectivity index (χ4n) is 1.72. The van der Waals surface area contributed by atoms with E-state index in [9.17, 15) is 4.39 Å². The molecular weight excluding hydrogens is 267 g/mol. The minimum atomic E-state index is -0.435. The summed E-state index contributed by atoms with van der Waals surface area (Å²) in [5.41, 5.74) is 1.58. The summed E-state index contributed by atoms with van der Waals surface area (Å²) in [6.07, 6.45) is 1.30. The van der Waals surface area contributed by atoms with Crippen LogP contribution in [0.5, 0.6) is 11.6 Å². The topological polar surface area (TPSA) is 35.0 Å². The Hall–Kier alpha value is -1.68. The number of ether oxygens (including phenoxy) is 1. The Labute approximate surface area is 116 Å². The van der Waals surface area contributed by atoms with Crippen molar-refractivity contribution >= 4 is 11.6 Å². The molecule has 0 atom stereocenters. The second kappa shape index (κ2) is 5.53. The normalized spacial score (nSPS) is 10.8.